The van der Waals surface area contributed by atoms with Gasteiger partial charge in [-0.3, -0.25) is 9.69 Å². The number of aliphatic carboxylic acids is 1. The van der Waals surface area contributed by atoms with E-state index in [-0.39, 0.29) is 17.8 Å². The summed E-state index contributed by atoms with van der Waals surface area (Å²) in [4.78, 5) is 18.7. The van der Waals surface area contributed by atoms with E-state index < -0.39 is 17.8 Å². The molecule has 0 amide bonds. The number of rotatable bonds is 13. The number of fused-ring (bicyclic) bond motifs is 1. The summed E-state index contributed by atoms with van der Waals surface area (Å²) in [6.45, 7) is 5.70. The maximum Gasteiger partial charge on any atom is 0.325 e. The highest BCUT2D eigenvalue weighted by Crippen LogP contribution is 2.37. The lowest BCUT2D eigenvalue weighted by Gasteiger charge is -2.27. The lowest BCUT2D eigenvalue weighted by atomic mass is 9.95. The molecule has 2 aliphatic rings. The van der Waals surface area contributed by atoms with E-state index in [0.717, 1.165) is 49.9 Å². The first-order valence-corrected chi connectivity index (χ1v) is 14.0. The van der Waals surface area contributed by atoms with Crippen molar-refractivity contribution in [2.24, 2.45) is 0 Å². The molecule has 1 aromatic carbocycles. The van der Waals surface area contributed by atoms with E-state index in [4.69, 9.17) is 9.47 Å². The van der Waals surface area contributed by atoms with E-state index >= 15 is 0 Å². The minimum Gasteiger partial charge on any atom is -0.493 e. The number of nitrogens with zero attached hydrogens (tertiary/aromatic N) is 2. The van der Waals surface area contributed by atoms with Gasteiger partial charge < -0.3 is 19.9 Å². The van der Waals surface area contributed by atoms with Crippen molar-refractivity contribution in [3.63, 3.8) is 0 Å². The Bertz CT molecular complexity index is 1080. The number of carbonyl (C=O) groups is 1. The molecule has 0 aliphatic carbocycles. The van der Waals surface area contributed by atoms with Crippen molar-refractivity contribution in [1.82, 2.24) is 9.88 Å². The molecule has 2 aliphatic heterocycles. The molecular weight excluding hydrogens is 485 g/mol. The van der Waals surface area contributed by atoms with Gasteiger partial charge in [0.15, 0.2) is 11.6 Å². The Balaban J connectivity index is 1.19. The summed E-state index contributed by atoms with van der Waals surface area (Å²) in [5, 5.41) is 13.7. The second-order valence-electron chi connectivity index (χ2n) is 10.9. The number of aromatic nitrogens is 1. The Morgan fingerprint density at radius 2 is 2.05 bits per heavy atom. The number of aryl methyl sites for hydroxylation is 1. The molecule has 1 fully saturated rings. The summed E-state index contributed by atoms with van der Waals surface area (Å²) >= 11 is 0. The number of ether oxygens (including phenoxy) is 2. The Hall–Kier alpha value is -2.71. The van der Waals surface area contributed by atoms with E-state index in [1.807, 2.05) is 31.0 Å². The molecule has 0 saturated carbocycles. The number of carboxylic acids is 1. The summed E-state index contributed by atoms with van der Waals surface area (Å²) in [6, 6.07) is 6.90. The third-order valence-corrected chi connectivity index (χ3v) is 7.83. The first-order valence-electron chi connectivity index (χ1n) is 14.0. The second kappa shape index (κ2) is 13.4. The fourth-order valence-corrected chi connectivity index (χ4v) is 5.68. The van der Waals surface area contributed by atoms with Gasteiger partial charge in [0.25, 0.3) is 0 Å². The lowest BCUT2D eigenvalue weighted by molar-refractivity contribution is -0.143. The third-order valence-electron chi connectivity index (χ3n) is 7.83. The molecule has 0 radical (unpaired) electrons. The minimum atomic E-state index is -1.00. The highest BCUT2D eigenvalue weighted by atomic mass is 19.1. The van der Waals surface area contributed by atoms with Crippen LogP contribution in [0.1, 0.15) is 87.4 Å². The third kappa shape index (κ3) is 7.03. The molecule has 1 aromatic heterocycles. The Morgan fingerprint density at radius 3 is 2.82 bits per heavy atom. The predicted octanol–water partition coefficient (Wildman–Crippen LogP) is 5.95. The number of pyridine rings is 1. The van der Waals surface area contributed by atoms with Gasteiger partial charge in [-0.2, -0.15) is 0 Å². The smallest absolute Gasteiger partial charge is 0.325 e. The van der Waals surface area contributed by atoms with Gasteiger partial charge in [0, 0.05) is 37.5 Å². The number of carboxylic acid groups (broad SMARTS) is 1. The number of halogens is 1. The van der Waals surface area contributed by atoms with Crippen LogP contribution in [0.15, 0.2) is 30.5 Å². The van der Waals surface area contributed by atoms with E-state index in [0.29, 0.717) is 31.3 Å². The van der Waals surface area contributed by atoms with Crippen molar-refractivity contribution in [3.05, 3.63) is 53.0 Å². The fourth-order valence-electron chi connectivity index (χ4n) is 5.68. The topological polar surface area (TPSA) is 83.9 Å². The number of unbranched alkanes of at least 4 members (excludes halogenated alkanes) is 3. The van der Waals surface area contributed by atoms with Crippen molar-refractivity contribution < 1.29 is 23.8 Å². The fraction of sp³-hybridized carbons (Fsp3) is 0.600. The molecule has 38 heavy (non-hydrogen) atoms. The average Bonchev–Trinajstić information content (AvgIpc) is 3.35. The SMILES string of the molecule is COc1c(F)cc(C(C)C)cc1C(C(=O)O)N1CC[C@@H](OCCCCCC[C@@H]2CCc3cccnc3N2)C1. The van der Waals surface area contributed by atoms with Crippen molar-refractivity contribution in [1.29, 1.82) is 0 Å². The second-order valence-corrected chi connectivity index (χ2v) is 10.9. The predicted molar refractivity (Wildman–Crippen MR) is 146 cm³/mol. The van der Waals surface area contributed by atoms with Crippen LogP contribution < -0.4 is 10.1 Å². The highest BCUT2D eigenvalue weighted by Gasteiger charge is 2.36. The van der Waals surface area contributed by atoms with Crippen molar-refractivity contribution in [2.75, 3.05) is 32.1 Å². The van der Waals surface area contributed by atoms with Crippen molar-refractivity contribution in [3.8, 4) is 5.75 Å². The Morgan fingerprint density at radius 1 is 1.24 bits per heavy atom. The van der Waals surface area contributed by atoms with Crippen LogP contribution in [0.5, 0.6) is 5.75 Å². The van der Waals surface area contributed by atoms with Crippen molar-refractivity contribution >= 4 is 11.8 Å². The molecule has 0 spiro atoms. The van der Waals surface area contributed by atoms with E-state index in [2.05, 4.69) is 16.4 Å². The van der Waals surface area contributed by atoms with Crippen molar-refractivity contribution in [2.45, 2.75) is 89.3 Å². The molecule has 3 atom stereocenters. The maximum atomic E-state index is 14.8. The molecule has 1 unspecified atom stereocenters. The van der Waals surface area contributed by atoms with Gasteiger partial charge in [0.05, 0.1) is 13.2 Å². The summed E-state index contributed by atoms with van der Waals surface area (Å²) in [6.07, 6.45) is 10.5. The molecule has 2 aromatic rings. The molecule has 7 nitrogen and oxygen atoms in total. The lowest BCUT2D eigenvalue weighted by Crippen LogP contribution is -2.34. The zero-order valence-electron chi connectivity index (χ0n) is 22.9. The largest absolute Gasteiger partial charge is 0.493 e. The first kappa shape index (κ1) is 28.3. The minimum absolute atomic E-state index is 0.00932. The standard InChI is InChI=1S/C30H42FN3O4/c1-20(2)22-17-25(28(37-3)26(31)18-22)27(30(35)36)34-15-13-24(19-34)38-16-7-5-4-6-10-23-12-11-21-9-8-14-32-29(21)33-23/h8-9,14,17-18,20,23-24,27H,4-7,10-13,15-16,19H2,1-3H3,(H,32,33)(H,35,36)/t23-,24-,27?/m1/s1. The number of nitrogens with one attached hydrogen (secondary N) is 1. The van der Waals surface area contributed by atoms with Gasteiger partial charge in [-0.1, -0.05) is 39.2 Å². The number of benzene rings is 1. The molecular formula is C30H42FN3O4. The monoisotopic (exact) mass is 527 g/mol. The Labute approximate surface area is 225 Å². The molecule has 8 heteroatoms. The average molecular weight is 528 g/mol. The number of anilines is 1. The van der Waals surface area contributed by atoms with Crippen LogP contribution >= 0.6 is 0 Å². The molecule has 4 rings (SSSR count). The molecule has 3 heterocycles. The summed E-state index contributed by atoms with van der Waals surface area (Å²) in [5.74, 6) is -0.395. The highest BCUT2D eigenvalue weighted by molar-refractivity contribution is 5.77. The van der Waals surface area contributed by atoms with Crippen LogP contribution in [0, 0.1) is 5.82 Å². The van der Waals surface area contributed by atoms with Gasteiger partial charge in [0.2, 0.25) is 0 Å². The number of methoxy groups -OCH3 is 1. The summed E-state index contributed by atoms with van der Waals surface area (Å²) in [5.41, 5.74) is 2.45. The Kier molecular flexibility index (Phi) is 9.97. The van der Waals surface area contributed by atoms with Crippen LogP contribution in [0.3, 0.4) is 0 Å². The first-order chi connectivity index (χ1) is 18.4. The number of hydrogen-bond acceptors (Lipinski definition) is 6. The van der Waals surface area contributed by atoms with E-state index in [1.165, 1.54) is 31.6 Å². The van der Waals surface area contributed by atoms with Gasteiger partial charge in [0.1, 0.15) is 11.9 Å². The van der Waals surface area contributed by atoms with Crippen LogP contribution in [-0.2, 0) is 16.0 Å². The van der Waals surface area contributed by atoms with Crippen LogP contribution in [0.25, 0.3) is 0 Å². The van der Waals surface area contributed by atoms with E-state index in [9.17, 15) is 14.3 Å². The molecule has 208 valence electrons. The number of likely N-dealkylation sites (tertiary alicyclic amines) is 1. The van der Waals surface area contributed by atoms with Crippen LogP contribution in [0.4, 0.5) is 10.2 Å². The summed E-state index contributed by atoms with van der Waals surface area (Å²) in [7, 11) is 1.38. The van der Waals surface area contributed by atoms with Crippen LogP contribution in [0.2, 0.25) is 0 Å². The number of hydrogen-bond donors (Lipinski definition) is 2. The van der Waals surface area contributed by atoms with Gasteiger partial charge in [-0.05, 0) is 67.3 Å². The van der Waals surface area contributed by atoms with Gasteiger partial charge in [-0.15, -0.1) is 0 Å². The zero-order chi connectivity index (χ0) is 27.1. The molecule has 0 bridgehead atoms. The van der Waals surface area contributed by atoms with Gasteiger partial charge >= 0.3 is 5.97 Å². The van der Waals surface area contributed by atoms with Gasteiger partial charge in [-0.25, -0.2) is 9.37 Å². The summed E-state index contributed by atoms with van der Waals surface area (Å²) < 4.78 is 26.2. The normalized spacial score (nSPS) is 20.2. The zero-order valence-corrected chi connectivity index (χ0v) is 22.9. The quantitative estimate of drug-likeness (QED) is 0.312. The molecule has 1 saturated heterocycles. The van der Waals surface area contributed by atoms with Crippen LogP contribution in [-0.4, -0.2) is 59.9 Å². The van der Waals surface area contributed by atoms with E-state index in [1.54, 1.807) is 6.07 Å². The maximum absolute atomic E-state index is 14.8. The molecule has 2 N–H and O–H groups in total.